The number of hydrogen-bond donors (Lipinski definition) is 2. The van der Waals surface area contributed by atoms with Crippen LogP contribution < -0.4 is 5.48 Å². The van der Waals surface area contributed by atoms with Crippen LogP contribution in [0, 0.1) is 0 Å². The molecule has 0 amide bonds. The SMILES string of the molecule is O=S(=O)(O)CCOC1=CC=CON1. The molecular weight excluding hydrogens is 198 g/mol. The lowest BCUT2D eigenvalue weighted by Gasteiger charge is -2.12. The van der Waals surface area contributed by atoms with Crippen LogP contribution in [-0.2, 0) is 19.7 Å². The van der Waals surface area contributed by atoms with Gasteiger partial charge in [0.15, 0.2) is 0 Å². The van der Waals surface area contributed by atoms with Crippen LogP contribution in [0.5, 0.6) is 0 Å². The third-order valence-electron chi connectivity index (χ3n) is 1.15. The minimum atomic E-state index is -3.96. The first-order valence-electron chi connectivity index (χ1n) is 3.44. The Labute approximate surface area is 75.5 Å². The minimum absolute atomic E-state index is 0.130. The summed E-state index contributed by atoms with van der Waals surface area (Å²) in [6, 6.07) is 0. The van der Waals surface area contributed by atoms with Crippen molar-refractivity contribution in [2.75, 3.05) is 12.4 Å². The molecule has 0 saturated carbocycles. The van der Waals surface area contributed by atoms with Gasteiger partial charge in [-0.25, -0.2) is 0 Å². The molecule has 6 nitrogen and oxygen atoms in total. The summed E-state index contributed by atoms with van der Waals surface area (Å²) >= 11 is 0. The molecule has 74 valence electrons. The Hall–Kier alpha value is -1.21. The molecule has 0 fully saturated rings. The maximum atomic E-state index is 10.3. The molecular formula is C6H9NO5S. The number of hydrogen-bond acceptors (Lipinski definition) is 5. The molecule has 0 bridgehead atoms. The fourth-order valence-corrected chi connectivity index (χ4v) is 0.921. The van der Waals surface area contributed by atoms with Crippen molar-refractivity contribution in [1.29, 1.82) is 0 Å². The molecule has 0 unspecified atom stereocenters. The van der Waals surface area contributed by atoms with Gasteiger partial charge < -0.3 is 9.57 Å². The molecule has 0 atom stereocenters. The zero-order valence-electron chi connectivity index (χ0n) is 6.63. The van der Waals surface area contributed by atoms with E-state index in [0.717, 1.165) is 0 Å². The molecule has 0 aliphatic carbocycles. The molecule has 0 saturated heterocycles. The molecule has 1 aliphatic heterocycles. The number of allylic oxidation sites excluding steroid dienone is 2. The average Bonchev–Trinajstić information content (AvgIpc) is 2.04. The highest BCUT2D eigenvalue weighted by Crippen LogP contribution is 1.99. The van der Waals surface area contributed by atoms with E-state index in [1.807, 2.05) is 0 Å². The summed E-state index contributed by atoms with van der Waals surface area (Å²) in [7, 11) is -3.96. The summed E-state index contributed by atoms with van der Waals surface area (Å²) in [4.78, 5) is 4.63. The smallest absolute Gasteiger partial charge is 0.268 e. The van der Waals surface area contributed by atoms with Crippen molar-refractivity contribution in [2.24, 2.45) is 0 Å². The largest absolute Gasteiger partial charge is 0.476 e. The molecule has 1 rings (SSSR count). The lowest BCUT2D eigenvalue weighted by atomic mass is 10.5. The number of nitrogens with one attached hydrogen (secondary N) is 1. The van der Waals surface area contributed by atoms with E-state index in [-0.39, 0.29) is 6.61 Å². The van der Waals surface area contributed by atoms with Crippen molar-refractivity contribution in [3.8, 4) is 0 Å². The monoisotopic (exact) mass is 207 g/mol. The lowest BCUT2D eigenvalue weighted by molar-refractivity contribution is 0.0750. The van der Waals surface area contributed by atoms with Crippen LogP contribution in [0.4, 0.5) is 0 Å². The van der Waals surface area contributed by atoms with Crippen molar-refractivity contribution in [3.05, 3.63) is 24.3 Å². The van der Waals surface area contributed by atoms with E-state index in [0.29, 0.717) is 5.88 Å². The Bertz CT molecular complexity index is 318. The minimum Gasteiger partial charge on any atom is -0.476 e. The summed E-state index contributed by atoms with van der Waals surface area (Å²) in [6.45, 7) is -0.130. The number of hydroxylamine groups is 1. The van der Waals surface area contributed by atoms with Crippen molar-refractivity contribution >= 4 is 10.1 Å². The third-order valence-corrected chi connectivity index (χ3v) is 1.84. The van der Waals surface area contributed by atoms with Gasteiger partial charge in [0.1, 0.15) is 18.6 Å². The van der Waals surface area contributed by atoms with E-state index in [9.17, 15) is 8.42 Å². The summed E-state index contributed by atoms with van der Waals surface area (Å²) in [6.07, 6.45) is 4.54. The topological polar surface area (TPSA) is 84.9 Å². The average molecular weight is 207 g/mol. The van der Waals surface area contributed by atoms with Gasteiger partial charge in [-0.05, 0) is 6.08 Å². The van der Waals surface area contributed by atoms with Crippen molar-refractivity contribution in [3.63, 3.8) is 0 Å². The second kappa shape index (κ2) is 4.15. The Morgan fingerprint density at radius 2 is 2.38 bits per heavy atom. The Morgan fingerprint density at radius 3 is 2.92 bits per heavy atom. The second-order valence-electron chi connectivity index (χ2n) is 2.21. The Balaban J connectivity index is 2.27. The molecule has 0 radical (unpaired) electrons. The molecule has 0 aromatic rings. The Kier molecular flexibility index (Phi) is 3.15. The quantitative estimate of drug-likeness (QED) is 0.620. The van der Waals surface area contributed by atoms with E-state index >= 15 is 0 Å². The predicted octanol–water partition coefficient (Wildman–Crippen LogP) is -0.219. The van der Waals surface area contributed by atoms with Crippen molar-refractivity contribution in [2.45, 2.75) is 0 Å². The van der Waals surface area contributed by atoms with E-state index < -0.39 is 15.9 Å². The van der Waals surface area contributed by atoms with Gasteiger partial charge in [-0.1, -0.05) is 0 Å². The molecule has 2 N–H and O–H groups in total. The molecule has 1 aliphatic rings. The molecule has 1 heterocycles. The molecule has 13 heavy (non-hydrogen) atoms. The third kappa shape index (κ3) is 4.38. The van der Waals surface area contributed by atoms with Crippen LogP contribution in [0.15, 0.2) is 24.3 Å². The van der Waals surface area contributed by atoms with Crippen LogP contribution in [-0.4, -0.2) is 25.3 Å². The highest BCUT2D eigenvalue weighted by molar-refractivity contribution is 7.85. The first-order chi connectivity index (χ1) is 6.08. The highest BCUT2D eigenvalue weighted by Gasteiger charge is 2.06. The summed E-state index contributed by atoms with van der Waals surface area (Å²) in [5.74, 6) is -0.151. The highest BCUT2D eigenvalue weighted by atomic mass is 32.2. The van der Waals surface area contributed by atoms with Crippen LogP contribution in [0.3, 0.4) is 0 Å². The molecule has 7 heteroatoms. The van der Waals surface area contributed by atoms with Gasteiger partial charge in [0.05, 0.1) is 0 Å². The van der Waals surface area contributed by atoms with Crippen molar-refractivity contribution in [1.82, 2.24) is 5.48 Å². The van der Waals surface area contributed by atoms with E-state index in [1.165, 1.54) is 6.26 Å². The van der Waals surface area contributed by atoms with Crippen LogP contribution >= 0.6 is 0 Å². The molecule has 0 aromatic heterocycles. The maximum Gasteiger partial charge on any atom is 0.268 e. The normalized spacial score (nSPS) is 15.6. The number of ether oxygens (including phenoxy) is 1. The first kappa shape index (κ1) is 9.87. The fraction of sp³-hybridized carbons (Fsp3) is 0.333. The fourth-order valence-electron chi connectivity index (χ4n) is 0.627. The summed E-state index contributed by atoms with van der Waals surface area (Å²) < 4.78 is 33.8. The predicted molar refractivity (Wildman–Crippen MR) is 43.8 cm³/mol. The van der Waals surface area contributed by atoms with Crippen LogP contribution in [0.1, 0.15) is 0 Å². The van der Waals surface area contributed by atoms with Gasteiger partial charge in [0, 0.05) is 6.08 Å². The molecule has 0 aromatic carbocycles. The van der Waals surface area contributed by atoms with Crippen molar-refractivity contribution < 1.29 is 22.5 Å². The van der Waals surface area contributed by atoms with Gasteiger partial charge >= 0.3 is 0 Å². The zero-order chi connectivity index (χ0) is 9.73. The Morgan fingerprint density at radius 1 is 1.62 bits per heavy atom. The zero-order valence-corrected chi connectivity index (χ0v) is 7.45. The van der Waals surface area contributed by atoms with Gasteiger partial charge in [0.2, 0.25) is 5.88 Å². The van der Waals surface area contributed by atoms with Gasteiger partial charge in [-0.2, -0.15) is 13.9 Å². The summed E-state index contributed by atoms with van der Waals surface area (Å²) in [5.41, 5.74) is 2.38. The van der Waals surface area contributed by atoms with E-state index in [2.05, 4.69) is 10.3 Å². The van der Waals surface area contributed by atoms with Crippen LogP contribution in [0.25, 0.3) is 0 Å². The van der Waals surface area contributed by atoms with Gasteiger partial charge in [-0.15, -0.1) is 0 Å². The summed E-state index contributed by atoms with van der Waals surface area (Å²) in [5, 5.41) is 0. The van der Waals surface area contributed by atoms with E-state index in [1.54, 1.807) is 12.2 Å². The molecule has 0 spiro atoms. The van der Waals surface area contributed by atoms with Gasteiger partial charge in [-0.3, -0.25) is 4.55 Å². The second-order valence-corrected chi connectivity index (χ2v) is 3.79. The maximum absolute atomic E-state index is 10.3. The van der Waals surface area contributed by atoms with Gasteiger partial charge in [0.25, 0.3) is 10.1 Å². The van der Waals surface area contributed by atoms with E-state index in [4.69, 9.17) is 9.29 Å². The standard InChI is InChI=1S/C6H9NO5S/c8-13(9,10)5-4-11-6-2-1-3-12-7-6/h1-3,7H,4-5H2,(H,8,9,10). The number of rotatable bonds is 4. The lowest BCUT2D eigenvalue weighted by Crippen LogP contribution is -2.19. The first-order valence-corrected chi connectivity index (χ1v) is 5.05. The van der Waals surface area contributed by atoms with Crippen LogP contribution in [0.2, 0.25) is 0 Å².